The van der Waals surface area contributed by atoms with Gasteiger partial charge in [0.15, 0.2) is 0 Å². The summed E-state index contributed by atoms with van der Waals surface area (Å²) in [6, 6.07) is 7.85. The molecule has 1 fully saturated rings. The maximum absolute atomic E-state index is 12.4. The van der Waals surface area contributed by atoms with E-state index >= 15 is 0 Å². The van der Waals surface area contributed by atoms with Crippen molar-refractivity contribution < 1.29 is 9.53 Å². The highest BCUT2D eigenvalue weighted by Gasteiger charge is 2.25. The quantitative estimate of drug-likeness (QED) is 0.901. The Balaban J connectivity index is 2.07. The van der Waals surface area contributed by atoms with E-state index in [1.807, 2.05) is 50.1 Å². The van der Waals surface area contributed by atoms with Crippen LogP contribution in [0.2, 0.25) is 0 Å². The number of hydrogen-bond acceptors (Lipinski definition) is 3. The van der Waals surface area contributed by atoms with Crippen molar-refractivity contribution in [2.45, 2.75) is 32.4 Å². The van der Waals surface area contributed by atoms with Crippen LogP contribution in [0.25, 0.3) is 0 Å². The molecule has 104 valence electrons. The zero-order valence-corrected chi connectivity index (χ0v) is 11.8. The maximum atomic E-state index is 12.4. The number of nitrogens with one attached hydrogen (secondary N) is 1. The minimum atomic E-state index is 0.0898. The molecule has 1 amide bonds. The Kier molecular flexibility index (Phi) is 4.43. The highest BCUT2D eigenvalue weighted by Crippen LogP contribution is 2.18. The number of amides is 1. The molecule has 0 aliphatic carbocycles. The molecule has 0 spiro atoms. The fraction of sp³-hybridized carbons (Fsp3) is 0.533. The summed E-state index contributed by atoms with van der Waals surface area (Å²) in [4.78, 5) is 14.3. The monoisotopic (exact) mass is 262 g/mol. The van der Waals surface area contributed by atoms with Gasteiger partial charge >= 0.3 is 0 Å². The second-order valence-corrected chi connectivity index (χ2v) is 5.22. The minimum Gasteiger partial charge on any atom is -0.491 e. The Hall–Kier alpha value is -1.55. The molecule has 0 radical (unpaired) electrons. The molecule has 1 aliphatic heterocycles. The highest BCUT2D eigenvalue weighted by molar-refractivity contribution is 5.94. The van der Waals surface area contributed by atoms with Gasteiger partial charge in [0.25, 0.3) is 5.91 Å². The molecular weight excluding hydrogens is 240 g/mol. The SMILES string of the molecule is CNC1CCN(C(=O)c2cccc(OC(C)C)c2)C1. The molecule has 2 rings (SSSR count). The molecule has 1 unspecified atom stereocenters. The molecule has 0 saturated carbocycles. The van der Waals surface area contributed by atoms with Crippen LogP contribution in [-0.2, 0) is 0 Å². The lowest BCUT2D eigenvalue weighted by Gasteiger charge is -2.17. The van der Waals surface area contributed by atoms with Gasteiger partial charge < -0.3 is 15.0 Å². The number of ether oxygens (including phenoxy) is 1. The van der Waals surface area contributed by atoms with Gasteiger partial charge in [-0.1, -0.05) is 6.07 Å². The van der Waals surface area contributed by atoms with Crippen LogP contribution in [-0.4, -0.2) is 43.1 Å². The summed E-state index contributed by atoms with van der Waals surface area (Å²) in [5.41, 5.74) is 0.704. The zero-order valence-electron chi connectivity index (χ0n) is 11.8. The first kappa shape index (κ1) is 13.9. The normalized spacial score (nSPS) is 18.9. The van der Waals surface area contributed by atoms with E-state index in [-0.39, 0.29) is 12.0 Å². The predicted molar refractivity (Wildman–Crippen MR) is 75.6 cm³/mol. The van der Waals surface area contributed by atoms with Crippen LogP contribution in [0.3, 0.4) is 0 Å². The molecule has 1 N–H and O–H groups in total. The number of hydrogen-bond donors (Lipinski definition) is 1. The second-order valence-electron chi connectivity index (χ2n) is 5.22. The summed E-state index contributed by atoms with van der Waals surface area (Å²) in [6.45, 7) is 5.56. The minimum absolute atomic E-state index is 0.0898. The number of carbonyl (C=O) groups excluding carboxylic acids is 1. The van der Waals surface area contributed by atoms with Gasteiger partial charge in [-0.25, -0.2) is 0 Å². The van der Waals surface area contributed by atoms with Crippen molar-refractivity contribution in [3.05, 3.63) is 29.8 Å². The van der Waals surface area contributed by atoms with E-state index < -0.39 is 0 Å². The molecule has 1 heterocycles. The number of nitrogens with zero attached hydrogens (tertiary/aromatic N) is 1. The summed E-state index contributed by atoms with van der Waals surface area (Å²) in [6.07, 6.45) is 1.13. The van der Waals surface area contributed by atoms with Gasteiger partial charge in [0.05, 0.1) is 6.10 Å². The predicted octanol–water partition coefficient (Wildman–Crippen LogP) is 1.91. The smallest absolute Gasteiger partial charge is 0.254 e. The molecule has 1 aromatic carbocycles. The first-order chi connectivity index (χ1) is 9.10. The van der Waals surface area contributed by atoms with Crippen molar-refractivity contribution in [2.24, 2.45) is 0 Å². The lowest BCUT2D eigenvalue weighted by Crippen LogP contribution is -2.33. The maximum Gasteiger partial charge on any atom is 0.254 e. The Labute approximate surface area is 114 Å². The van der Waals surface area contributed by atoms with E-state index in [1.165, 1.54) is 0 Å². The number of carbonyl (C=O) groups is 1. The summed E-state index contributed by atoms with van der Waals surface area (Å²) < 4.78 is 5.63. The van der Waals surface area contributed by atoms with Gasteiger partial charge in [0.1, 0.15) is 5.75 Å². The number of likely N-dealkylation sites (tertiary alicyclic amines) is 1. The van der Waals surface area contributed by atoms with Gasteiger partial charge in [-0.2, -0.15) is 0 Å². The van der Waals surface area contributed by atoms with E-state index in [0.29, 0.717) is 11.6 Å². The van der Waals surface area contributed by atoms with Gasteiger partial charge in [0.2, 0.25) is 0 Å². The third-order valence-electron chi connectivity index (χ3n) is 3.34. The van der Waals surface area contributed by atoms with Crippen molar-refractivity contribution in [3.63, 3.8) is 0 Å². The Morgan fingerprint density at radius 3 is 2.89 bits per heavy atom. The van der Waals surface area contributed by atoms with Crippen molar-refractivity contribution in [1.29, 1.82) is 0 Å². The summed E-state index contributed by atoms with van der Waals surface area (Å²) in [7, 11) is 1.94. The Bertz CT molecular complexity index is 446. The largest absolute Gasteiger partial charge is 0.491 e. The van der Waals surface area contributed by atoms with Gasteiger partial charge in [-0.05, 0) is 45.5 Å². The molecule has 0 aromatic heterocycles. The average Bonchev–Trinajstić information content (AvgIpc) is 2.86. The van der Waals surface area contributed by atoms with Crippen LogP contribution >= 0.6 is 0 Å². The number of rotatable bonds is 4. The third kappa shape index (κ3) is 3.47. The third-order valence-corrected chi connectivity index (χ3v) is 3.34. The molecule has 1 aromatic rings. The fourth-order valence-corrected chi connectivity index (χ4v) is 2.34. The number of likely N-dealkylation sites (N-methyl/N-ethyl adjacent to an activating group) is 1. The molecule has 1 atom stereocenters. The van der Waals surface area contributed by atoms with Crippen LogP contribution in [0.15, 0.2) is 24.3 Å². The molecule has 19 heavy (non-hydrogen) atoms. The first-order valence-electron chi connectivity index (χ1n) is 6.83. The van der Waals surface area contributed by atoms with Crippen LogP contribution in [0.1, 0.15) is 30.6 Å². The fourth-order valence-electron chi connectivity index (χ4n) is 2.34. The molecule has 1 aliphatic rings. The van der Waals surface area contributed by atoms with Gasteiger partial charge in [-0.3, -0.25) is 4.79 Å². The van der Waals surface area contributed by atoms with E-state index in [1.54, 1.807) is 0 Å². The Morgan fingerprint density at radius 1 is 1.47 bits per heavy atom. The van der Waals surface area contributed by atoms with Crippen LogP contribution in [0.5, 0.6) is 5.75 Å². The number of benzene rings is 1. The zero-order chi connectivity index (χ0) is 13.8. The summed E-state index contributed by atoms with van der Waals surface area (Å²) in [5, 5.41) is 3.22. The molecule has 1 saturated heterocycles. The van der Waals surface area contributed by atoms with Crippen molar-refractivity contribution in [1.82, 2.24) is 10.2 Å². The van der Waals surface area contributed by atoms with Crippen molar-refractivity contribution in [2.75, 3.05) is 20.1 Å². The van der Waals surface area contributed by atoms with E-state index in [2.05, 4.69) is 5.32 Å². The van der Waals surface area contributed by atoms with E-state index in [0.717, 1.165) is 25.3 Å². The standard InChI is InChI=1S/C15H22N2O2/c1-11(2)19-14-6-4-5-12(9-14)15(18)17-8-7-13(10-17)16-3/h4-6,9,11,13,16H,7-8,10H2,1-3H3. The van der Waals surface area contributed by atoms with E-state index in [4.69, 9.17) is 4.74 Å². The van der Waals surface area contributed by atoms with Crippen molar-refractivity contribution >= 4 is 5.91 Å². The molecule has 4 nitrogen and oxygen atoms in total. The summed E-state index contributed by atoms with van der Waals surface area (Å²) >= 11 is 0. The second kappa shape index (κ2) is 6.06. The first-order valence-corrected chi connectivity index (χ1v) is 6.83. The lowest BCUT2D eigenvalue weighted by atomic mass is 10.2. The lowest BCUT2D eigenvalue weighted by molar-refractivity contribution is 0.0789. The van der Waals surface area contributed by atoms with Crippen LogP contribution in [0, 0.1) is 0 Å². The van der Waals surface area contributed by atoms with Gasteiger partial charge in [0, 0.05) is 24.7 Å². The summed E-state index contributed by atoms with van der Waals surface area (Å²) in [5.74, 6) is 0.845. The Morgan fingerprint density at radius 2 is 2.26 bits per heavy atom. The van der Waals surface area contributed by atoms with E-state index in [9.17, 15) is 4.79 Å². The molecular formula is C15H22N2O2. The average molecular weight is 262 g/mol. The topological polar surface area (TPSA) is 41.6 Å². The molecule has 0 bridgehead atoms. The molecule has 4 heteroatoms. The van der Waals surface area contributed by atoms with Crippen LogP contribution in [0.4, 0.5) is 0 Å². The van der Waals surface area contributed by atoms with Crippen LogP contribution < -0.4 is 10.1 Å². The van der Waals surface area contributed by atoms with Gasteiger partial charge in [-0.15, -0.1) is 0 Å². The highest BCUT2D eigenvalue weighted by atomic mass is 16.5. The van der Waals surface area contributed by atoms with Crippen molar-refractivity contribution in [3.8, 4) is 5.75 Å².